The van der Waals surface area contributed by atoms with E-state index in [1.54, 1.807) is 28.2 Å². The Morgan fingerprint density at radius 3 is 2.91 bits per heavy atom. The number of aromatic nitrogens is 2. The van der Waals surface area contributed by atoms with Gasteiger partial charge in [0.2, 0.25) is 0 Å². The van der Waals surface area contributed by atoms with Crippen molar-refractivity contribution >= 4 is 17.2 Å². The Balaban J connectivity index is 1.94. The number of nitrogens with zero attached hydrogens (tertiary/aromatic N) is 2. The third-order valence-corrected chi connectivity index (χ3v) is 4.69. The fourth-order valence-corrected chi connectivity index (χ4v) is 3.57. The molecule has 0 fully saturated rings. The van der Waals surface area contributed by atoms with Crippen LogP contribution in [-0.4, -0.2) is 16.3 Å². The maximum atomic E-state index is 14.2. The number of anilines is 1. The van der Waals surface area contributed by atoms with Crippen molar-refractivity contribution in [2.24, 2.45) is 0 Å². The lowest BCUT2D eigenvalue weighted by Gasteiger charge is -2.09. The largest absolute Gasteiger partial charge is 0.370 e. The SMILES string of the molecule is Fc1ccccc1-n1nc(-c2ccsc2)c2c1NCCCC2. The average molecular weight is 313 g/mol. The number of nitrogens with one attached hydrogen (secondary N) is 1. The van der Waals surface area contributed by atoms with E-state index in [2.05, 4.69) is 16.8 Å². The van der Waals surface area contributed by atoms with Gasteiger partial charge in [-0.15, -0.1) is 0 Å². The maximum Gasteiger partial charge on any atom is 0.148 e. The van der Waals surface area contributed by atoms with Gasteiger partial charge < -0.3 is 5.32 Å². The van der Waals surface area contributed by atoms with Gasteiger partial charge >= 0.3 is 0 Å². The zero-order chi connectivity index (χ0) is 14.9. The van der Waals surface area contributed by atoms with Gasteiger partial charge in [-0.1, -0.05) is 12.1 Å². The van der Waals surface area contributed by atoms with Crippen molar-refractivity contribution in [3.63, 3.8) is 0 Å². The molecule has 5 heteroatoms. The van der Waals surface area contributed by atoms with Crippen LogP contribution < -0.4 is 5.32 Å². The highest BCUT2D eigenvalue weighted by molar-refractivity contribution is 7.08. The predicted molar refractivity (Wildman–Crippen MR) is 88.3 cm³/mol. The summed E-state index contributed by atoms with van der Waals surface area (Å²) in [4.78, 5) is 0. The van der Waals surface area contributed by atoms with Crippen molar-refractivity contribution in [2.45, 2.75) is 19.3 Å². The second-order valence-electron chi connectivity index (χ2n) is 5.43. The first-order valence-corrected chi connectivity index (χ1v) is 8.42. The number of hydrogen-bond acceptors (Lipinski definition) is 3. The third-order valence-electron chi connectivity index (χ3n) is 4.00. The third kappa shape index (κ3) is 2.22. The maximum absolute atomic E-state index is 14.2. The van der Waals surface area contributed by atoms with E-state index >= 15 is 0 Å². The first-order chi connectivity index (χ1) is 10.8. The zero-order valence-corrected chi connectivity index (χ0v) is 12.9. The molecule has 1 N–H and O–H groups in total. The molecule has 3 heterocycles. The second-order valence-corrected chi connectivity index (χ2v) is 6.21. The molecule has 0 unspecified atom stereocenters. The number of fused-ring (bicyclic) bond motifs is 1. The van der Waals surface area contributed by atoms with E-state index in [1.807, 2.05) is 11.4 Å². The molecular formula is C17H16FN3S. The average Bonchev–Trinajstić information content (AvgIpc) is 3.10. The summed E-state index contributed by atoms with van der Waals surface area (Å²) < 4.78 is 15.9. The second kappa shape index (κ2) is 5.57. The zero-order valence-electron chi connectivity index (χ0n) is 12.1. The van der Waals surface area contributed by atoms with Crippen molar-refractivity contribution < 1.29 is 4.39 Å². The summed E-state index contributed by atoms with van der Waals surface area (Å²) in [7, 11) is 0. The number of para-hydroxylation sites is 1. The Morgan fingerprint density at radius 1 is 1.18 bits per heavy atom. The van der Waals surface area contributed by atoms with Crippen molar-refractivity contribution in [2.75, 3.05) is 11.9 Å². The van der Waals surface area contributed by atoms with Crippen molar-refractivity contribution in [1.82, 2.24) is 9.78 Å². The minimum absolute atomic E-state index is 0.254. The fraction of sp³-hybridized carbons (Fsp3) is 0.235. The van der Waals surface area contributed by atoms with Gasteiger partial charge in [-0.25, -0.2) is 9.07 Å². The topological polar surface area (TPSA) is 29.9 Å². The molecule has 112 valence electrons. The highest BCUT2D eigenvalue weighted by atomic mass is 32.1. The molecule has 0 bridgehead atoms. The molecule has 22 heavy (non-hydrogen) atoms. The van der Waals surface area contributed by atoms with E-state index in [-0.39, 0.29) is 5.82 Å². The molecule has 0 radical (unpaired) electrons. The molecule has 0 atom stereocenters. The summed E-state index contributed by atoms with van der Waals surface area (Å²) in [5.74, 6) is 0.680. The Morgan fingerprint density at radius 2 is 2.09 bits per heavy atom. The van der Waals surface area contributed by atoms with E-state index in [0.29, 0.717) is 5.69 Å². The normalized spacial score (nSPS) is 14.2. The van der Waals surface area contributed by atoms with Gasteiger partial charge in [-0.3, -0.25) is 0 Å². The number of rotatable bonds is 2. The van der Waals surface area contributed by atoms with Crippen LogP contribution >= 0.6 is 11.3 Å². The van der Waals surface area contributed by atoms with Crippen LogP contribution in [0.2, 0.25) is 0 Å². The van der Waals surface area contributed by atoms with Crippen molar-refractivity contribution in [3.05, 3.63) is 52.5 Å². The predicted octanol–water partition coefficient (Wildman–Crippen LogP) is 4.49. The van der Waals surface area contributed by atoms with Gasteiger partial charge in [-0.2, -0.15) is 16.4 Å². The van der Waals surface area contributed by atoms with Crippen molar-refractivity contribution in [3.8, 4) is 16.9 Å². The summed E-state index contributed by atoms with van der Waals surface area (Å²) in [5.41, 5.74) is 3.77. The van der Waals surface area contributed by atoms with Gasteiger partial charge in [0.15, 0.2) is 0 Å². The summed E-state index contributed by atoms with van der Waals surface area (Å²) >= 11 is 1.65. The number of benzene rings is 1. The molecule has 3 aromatic rings. The lowest BCUT2D eigenvalue weighted by Crippen LogP contribution is -2.08. The molecular weight excluding hydrogens is 297 g/mol. The lowest BCUT2D eigenvalue weighted by atomic mass is 10.1. The van der Waals surface area contributed by atoms with Crippen LogP contribution in [0.15, 0.2) is 41.1 Å². The van der Waals surface area contributed by atoms with E-state index in [1.165, 1.54) is 11.6 Å². The highest BCUT2D eigenvalue weighted by Crippen LogP contribution is 2.35. The van der Waals surface area contributed by atoms with Crippen LogP contribution in [0.4, 0.5) is 10.2 Å². The summed E-state index contributed by atoms with van der Waals surface area (Å²) in [6.45, 7) is 0.899. The van der Waals surface area contributed by atoms with E-state index < -0.39 is 0 Å². The van der Waals surface area contributed by atoms with Crippen LogP contribution in [0, 0.1) is 5.82 Å². The number of hydrogen-bond donors (Lipinski definition) is 1. The molecule has 3 nitrogen and oxygen atoms in total. The molecule has 0 saturated heterocycles. The molecule has 0 saturated carbocycles. The lowest BCUT2D eigenvalue weighted by molar-refractivity contribution is 0.611. The Hall–Kier alpha value is -2.14. The standard InChI is InChI=1S/C17H16FN3S/c18-14-6-1-2-7-15(14)21-17-13(5-3-4-9-19-17)16(20-21)12-8-10-22-11-12/h1-2,6-8,10-11,19H,3-5,9H2. The Kier molecular flexibility index (Phi) is 3.42. The molecule has 1 aliphatic rings. The monoisotopic (exact) mass is 313 g/mol. The molecule has 0 spiro atoms. The minimum atomic E-state index is -0.254. The molecule has 0 aliphatic carbocycles. The van der Waals surface area contributed by atoms with Gasteiger partial charge in [0.05, 0.1) is 5.69 Å². The molecule has 0 amide bonds. The van der Waals surface area contributed by atoms with E-state index in [0.717, 1.165) is 42.9 Å². The molecule has 2 aromatic heterocycles. The van der Waals surface area contributed by atoms with E-state index in [9.17, 15) is 4.39 Å². The first kappa shape index (κ1) is 13.5. The molecule has 1 aromatic carbocycles. The smallest absolute Gasteiger partial charge is 0.148 e. The van der Waals surface area contributed by atoms with Crippen LogP contribution in [0.5, 0.6) is 0 Å². The van der Waals surface area contributed by atoms with Crippen LogP contribution in [0.3, 0.4) is 0 Å². The Bertz CT molecular complexity index is 792. The van der Waals surface area contributed by atoms with Gasteiger partial charge in [0.25, 0.3) is 0 Å². The summed E-state index contributed by atoms with van der Waals surface area (Å²) in [6.07, 6.45) is 3.22. The quantitative estimate of drug-likeness (QED) is 0.755. The van der Waals surface area contributed by atoms with Gasteiger partial charge in [-0.05, 0) is 42.8 Å². The highest BCUT2D eigenvalue weighted by Gasteiger charge is 2.22. The van der Waals surface area contributed by atoms with Crippen LogP contribution in [0.1, 0.15) is 18.4 Å². The van der Waals surface area contributed by atoms with Gasteiger partial charge in [0.1, 0.15) is 17.3 Å². The van der Waals surface area contributed by atoms with Crippen molar-refractivity contribution in [1.29, 1.82) is 0 Å². The number of halogens is 1. The first-order valence-electron chi connectivity index (χ1n) is 7.48. The fourth-order valence-electron chi connectivity index (χ4n) is 2.93. The van der Waals surface area contributed by atoms with Gasteiger partial charge in [0, 0.05) is 23.1 Å². The number of thiophene rings is 1. The van der Waals surface area contributed by atoms with E-state index in [4.69, 9.17) is 5.10 Å². The summed E-state index contributed by atoms with van der Waals surface area (Å²) in [6, 6.07) is 8.86. The van der Waals surface area contributed by atoms with Crippen LogP contribution in [0.25, 0.3) is 16.9 Å². The molecule has 1 aliphatic heterocycles. The Labute approximate surface area is 132 Å². The minimum Gasteiger partial charge on any atom is -0.370 e. The molecule has 4 rings (SSSR count). The summed E-state index contributed by atoms with van der Waals surface area (Å²) in [5, 5.41) is 12.3. The van der Waals surface area contributed by atoms with Crippen LogP contribution in [-0.2, 0) is 6.42 Å².